The fraction of sp³-hybridized carbons (Fsp3) is 0.781. The Bertz CT molecular complexity index is 970. The van der Waals surface area contributed by atoms with Gasteiger partial charge in [0.2, 0.25) is 11.8 Å². The molecule has 10 heteroatoms. The average Bonchev–Trinajstić information content (AvgIpc) is 3.61. The van der Waals surface area contributed by atoms with Crippen molar-refractivity contribution in [1.29, 1.82) is 0 Å². The van der Waals surface area contributed by atoms with Crippen molar-refractivity contribution in [2.45, 2.75) is 82.0 Å². The summed E-state index contributed by atoms with van der Waals surface area (Å²) in [5, 5.41) is 9.30. The molecule has 42 heavy (non-hydrogen) atoms. The van der Waals surface area contributed by atoms with E-state index in [9.17, 15) is 19.5 Å². The molecule has 1 spiro atoms. The smallest absolute Gasteiger partial charge is 0.312 e. The van der Waals surface area contributed by atoms with Crippen LogP contribution in [0.1, 0.15) is 64.7 Å². The third-order valence-electron chi connectivity index (χ3n) is 9.72. The Morgan fingerprint density at radius 3 is 2.57 bits per heavy atom. The quantitative estimate of drug-likeness (QED) is 0.148. The van der Waals surface area contributed by atoms with Crippen molar-refractivity contribution in [3.05, 3.63) is 25.3 Å². The number of esters is 1. The second kappa shape index (κ2) is 14.9. The van der Waals surface area contributed by atoms with E-state index < -0.39 is 29.1 Å². The Balaban J connectivity index is 1.60. The number of hydrogen-bond acceptors (Lipinski definition) is 8. The SMILES string of the molecule is C=CCCCCOC(=O)[C@H]1[C@H]2C(=O)N(CCCCCO)C(C(=O)N(CC=C)CCN3CCOCC3)C23CC[C@]1(CC)O3. The summed E-state index contributed by atoms with van der Waals surface area (Å²) in [7, 11) is 0. The molecule has 236 valence electrons. The highest BCUT2D eigenvalue weighted by molar-refractivity contribution is 5.98. The van der Waals surface area contributed by atoms with E-state index in [1.54, 1.807) is 15.9 Å². The fourth-order valence-electron chi connectivity index (χ4n) is 7.53. The van der Waals surface area contributed by atoms with E-state index in [-0.39, 0.29) is 24.4 Å². The van der Waals surface area contributed by atoms with Crippen LogP contribution in [-0.4, -0.2) is 121 Å². The summed E-state index contributed by atoms with van der Waals surface area (Å²) in [6.07, 6.45) is 9.80. The number of carbonyl (C=O) groups is 3. The van der Waals surface area contributed by atoms with Gasteiger partial charge in [0, 0.05) is 45.9 Å². The van der Waals surface area contributed by atoms with Crippen LogP contribution < -0.4 is 0 Å². The summed E-state index contributed by atoms with van der Waals surface area (Å²) in [4.78, 5) is 48.2. The number of allylic oxidation sites excluding steroid dienone is 1. The number of carbonyl (C=O) groups excluding carboxylic acids is 3. The minimum atomic E-state index is -1.06. The van der Waals surface area contributed by atoms with Gasteiger partial charge in [-0.1, -0.05) is 19.1 Å². The molecule has 0 aromatic rings. The van der Waals surface area contributed by atoms with Crippen LogP contribution in [-0.2, 0) is 28.6 Å². The first-order valence-electron chi connectivity index (χ1n) is 16.0. The molecule has 0 aliphatic carbocycles. The van der Waals surface area contributed by atoms with E-state index in [0.29, 0.717) is 78.1 Å². The van der Waals surface area contributed by atoms with Crippen LogP contribution in [0.25, 0.3) is 0 Å². The van der Waals surface area contributed by atoms with E-state index >= 15 is 0 Å². The van der Waals surface area contributed by atoms with Crippen LogP contribution in [0.2, 0.25) is 0 Å². The van der Waals surface area contributed by atoms with Gasteiger partial charge in [0.25, 0.3) is 0 Å². The molecule has 5 atom stereocenters. The molecule has 0 saturated carbocycles. The summed E-state index contributed by atoms with van der Waals surface area (Å²) in [5.74, 6) is -2.20. The number of hydrogen-bond donors (Lipinski definition) is 1. The highest BCUT2D eigenvalue weighted by Crippen LogP contribution is 2.64. The van der Waals surface area contributed by atoms with Gasteiger partial charge < -0.3 is 29.1 Å². The molecule has 4 rings (SSSR count). The number of nitrogens with zero attached hydrogens (tertiary/aromatic N) is 3. The summed E-state index contributed by atoms with van der Waals surface area (Å²) in [6.45, 7) is 15.0. The maximum Gasteiger partial charge on any atom is 0.312 e. The van der Waals surface area contributed by atoms with E-state index in [1.807, 2.05) is 13.0 Å². The molecule has 4 heterocycles. The first kappa shape index (κ1) is 32.6. The van der Waals surface area contributed by atoms with E-state index in [4.69, 9.17) is 14.2 Å². The van der Waals surface area contributed by atoms with Crippen molar-refractivity contribution < 1.29 is 33.7 Å². The van der Waals surface area contributed by atoms with Crippen LogP contribution in [0.15, 0.2) is 25.3 Å². The lowest BCUT2D eigenvalue weighted by molar-refractivity contribution is -0.162. The Hall–Kier alpha value is -2.27. The minimum Gasteiger partial charge on any atom is -0.465 e. The Morgan fingerprint density at radius 2 is 1.88 bits per heavy atom. The van der Waals surface area contributed by atoms with Gasteiger partial charge in [0.15, 0.2) is 0 Å². The molecule has 10 nitrogen and oxygen atoms in total. The molecule has 2 bridgehead atoms. The Kier molecular flexibility index (Phi) is 11.6. The Labute approximate surface area is 251 Å². The van der Waals surface area contributed by atoms with Gasteiger partial charge in [-0.3, -0.25) is 19.3 Å². The number of fused-ring (bicyclic) bond motifs is 1. The molecule has 4 saturated heterocycles. The van der Waals surface area contributed by atoms with Crippen molar-refractivity contribution >= 4 is 17.8 Å². The second-order valence-electron chi connectivity index (χ2n) is 12.1. The zero-order valence-corrected chi connectivity index (χ0v) is 25.5. The molecular formula is C32H51N3O7. The van der Waals surface area contributed by atoms with E-state index in [0.717, 1.165) is 38.8 Å². The van der Waals surface area contributed by atoms with Gasteiger partial charge in [-0.15, -0.1) is 13.2 Å². The second-order valence-corrected chi connectivity index (χ2v) is 12.1. The van der Waals surface area contributed by atoms with Crippen molar-refractivity contribution in [3.63, 3.8) is 0 Å². The van der Waals surface area contributed by atoms with Crippen LogP contribution in [0.3, 0.4) is 0 Å². The molecule has 1 N–H and O–H groups in total. The zero-order chi connectivity index (χ0) is 30.2. The molecule has 2 unspecified atom stereocenters. The predicted octanol–water partition coefficient (Wildman–Crippen LogP) is 2.55. The van der Waals surface area contributed by atoms with Crippen LogP contribution in [0.4, 0.5) is 0 Å². The third kappa shape index (κ3) is 6.47. The summed E-state index contributed by atoms with van der Waals surface area (Å²) in [6, 6.07) is -0.812. The lowest BCUT2D eigenvalue weighted by atomic mass is 9.65. The molecule has 2 amide bonds. The molecule has 4 aliphatic rings. The lowest BCUT2D eigenvalue weighted by Gasteiger charge is -2.37. The fourth-order valence-corrected chi connectivity index (χ4v) is 7.53. The van der Waals surface area contributed by atoms with Crippen LogP contribution in [0, 0.1) is 11.8 Å². The molecule has 0 radical (unpaired) electrons. The van der Waals surface area contributed by atoms with Gasteiger partial charge in [0.05, 0.1) is 31.3 Å². The number of ether oxygens (including phenoxy) is 3. The number of morpholine rings is 1. The summed E-state index contributed by atoms with van der Waals surface area (Å²) >= 11 is 0. The van der Waals surface area contributed by atoms with Crippen LogP contribution >= 0.6 is 0 Å². The Morgan fingerprint density at radius 1 is 1.10 bits per heavy atom. The standard InChI is InChI=1S/C32H51N3O7/c1-4-7-8-12-22-41-30(39)26-25-28(37)35(16-10-9-11-21-36)27(32(25)14-13-31(26,6-3)42-32)29(38)34(15-5-2)18-17-33-19-23-40-24-20-33/h4-5,25-27,36H,1-2,6-24H2,3H3/t25-,26+,27?,31-,32?/m0/s1. The first-order valence-corrected chi connectivity index (χ1v) is 16.0. The van der Waals surface area contributed by atoms with Crippen molar-refractivity contribution in [2.75, 3.05) is 65.7 Å². The van der Waals surface area contributed by atoms with Gasteiger partial charge in [-0.05, 0) is 57.8 Å². The topological polar surface area (TPSA) is 109 Å². The van der Waals surface area contributed by atoms with E-state index in [2.05, 4.69) is 18.1 Å². The highest BCUT2D eigenvalue weighted by atomic mass is 16.6. The zero-order valence-electron chi connectivity index (χ0n) is 25.5. The maximum atomic E-state index is 14.5. The van der Waals surface area contributed by atoms with Gasteiger partial charge in [-0.2, -0.15) is 0 Å². The number of aliphatic hydroxyl groups excluding tert-OH is 1. The number of rotatable bonds is 18. The summed E-state index contributed by atoms with van der Waals surface area (Å²) in [5.41, 5.74) is -1.87. The molecule has 4 aliphatic heterocycles. The minimum absolute atomic E-state index is 0.0837. The van der Waals surface area contributed by atoms with E-state index in [1.165, 1.54) is 0 Å². The highest BCUT2D eigenvalue weighted by Gasteiger charge is 2.79. The first-order chi connectivity index (χ1) is 20.4. The predicted molar refractivity (Wildman–Crippen MR) is 159 cm³/mol. The summed E-state index contributed by atoms with van der Waals surface area (Å²) < 4.78 is 18.1. The van der Waals surface area contributed by atoms with Gasteiger partial charge in [-0.25, -0.2) is 0 Å². The average molecular weight is 590 g/mol. The third-order valence-corrected chi connectivity index (χ3v) is 9.72. The number of unbranched alkanes of at least 4 members (excludes halogenated alkanes) is 4. The largest absolute Gasteiger partial charge is 0.465 e. The molecule has 4 fully saturated rings. The normalized spacial score (nSPS) is 30.4. The van der Waals surface area contributed by atoms with Crippen LogP contribution in [0.5, 0.6) is 0 Å². The molecule has 0 aromatic heterocycles. The maximum absolute atomic E-state index is 14.5. The van der Waals surface area contributed by atoms with Crippen molar-refractivity contribution in [3.8, 4) is 0 Å². The molecule has 0 aromatic carbocycles. The van der Waals surface area contributed by atoms with Crippen molar-refractivity contribution in [1.82, 2.24) is 14.7 Å². The lowest BCUT2D eigenvalue weighted by Crippen LogP contribution is -2.57. The number of amides is 2. The van der Waals surface area contributed by atoms with Gasteiger partial charge >= 0.3 is 5.97 Å². The van der Waals surface area contributed by atoms with Gasteiger partial charge in [0.1, 0.15) is 17.6 Å². The number of aliphatic hydroxyl groups is 1. The molecular weight excluding hydrogens is 538 g/mol. The number of likely N-dealkylation sites (tertiary alicyclic amines) is 1. The van der Waals surface area contributed by atoms with Crippen molar-refractivity contribution in [2.24, 2.45) is 11.8 Å². The monoisotopic (exact) mass is 589 g/mol.